The molecular formula is C15H16ClNO4. The first-order valence-electron chi connectivity index (χ1n) is 6.62. The molecule has 0 aliphatic rings. The number of anilines is 1. The first kappa shape index (κ1) is 15.4. The van der Waals surface area contributed by atoms with Gasteiger partial charge in [-0.15, -0.1) is 0 Å². The third kappa shape index (κ3) is 2.88. The Morgan fingerprint density at radius 1 is 1.29 bits per heavy atom. The van der Waals surface area contributed by atoms with Crippen LogP contribution in [-0.2, 0) is 4.74 Å². The molecule has 0 saturated heterocycles. The number of rotatable bonds is 4. The molecule has 1 aromatic carbocycles. The Morgan fingerprint density at radius 2 is 1.95 bits per heavy atom. The van der Waals surface area contributed by atoms with Crippen molar-refractivity contribution in [2.75, 3.05) is 25.1 Å². The Morgan fingerprint density at radius 3 is 2.52 bits per heavy atom. The van der Waals surface area contributed by atoms with Gasteiger partial charge in [0.15, 0.2) is 0 Å². The van der Waals surface area contributed by atoms with E-state index in [0.29, 0.717) is 16.0 Å². The maximum absolute atomic E-state index is 11.8. The molecular weight excluding hydrogens is 294 g/mol. The highest BCUT2D eigenvalue weighted by Crippen LogP contribution is 2.30. The van der Waals surface area contributed by atoms with Gasteiger partial charge in [0.1, 0.15) is 11.1 Å². The van der Waals surface area contributed by atoms with E-state index in [1.165, 1.54) is 13.2 Å². The maximum atomic E-state index is 11.8. The van der Waals surface area contributed by atoms with Crippen LogP contribution < -0.4 is 10.5 Å². The lowest BCUT2D eigenvalue weighted by Gasteiger charge is -2.22. The van der Waals surface area contributed by atoms with Crippen molar-refractivity contribution in [2.24, 2.45) is 0 Å². The van der Waals surface area contributed by atoms with Crippen molar-refractivity contribution in [1.82, 2.24) is 0 Å². The van der Waals surface area contributed by atoms with Gasteiger partial charge in [0.2, 0.25) is 0 Å². The first-order chi connectivity index (χ1) is 10.0. The molecule has 2 rings (SSSR count). The van der Waals surface area contributed by atoms with Crippen molar-refractivity contribution >= 4 is 34.2 Å². The highest BCUT2D eigenvalue weighted by molar-refractivity contribution is 6.34. The summed E-state index contributed by atoms with van der Waals surface area (Å²) in [7, 11) is 1.21. The molecule has 6 heteroatoms. The zero-order valence-electron chi connectivity index (χ0n) is 12.1. The van der Waals surface area contributed by atoms with Gasteiger partial charge in [-0.2, -0.15) is 0 Å². The van der Waals surface area contributed by atoms with E-state index >= 15 is 0 Å². The Hall–Kier alpha value is -2.01. The van der Waals surface area contributed by atoms with Crippen LogP contribution in [0, 0.1) is 0 Å². The van der Waals surface area contributed by atoms with Gasteiger partial charge in [-0.3, -0.25) is 0 Å². The van der Waals surface area contributed by atoms with E-state index < -0.39 is 11.6 Å². The van der Waals surface area contributed by atoms with Crippen LogP contribution in [-0.4, -0.2) is 26.2 Å². The Labute approximate surface area is 127 Å². The minimum Gasteiger partial charge on any atom is -0.465 e. The normalized spacial score (nSPS) is 10.7. The lowest BCUT2D eigenvalue weighted by atomic mass is 10.1. The SMILES string of the molecule is CCN(CC)c1cc2oc(=O)c(C(=O)OC)cc2cc1Cl. The van der Waals surface area contributed by atoms with E-state index in [0.717, 1.165) is 18.8 Å². The number of carbonyl (C=O) groups excluding carboxylic acids is 1. The van der Waals surface area contributed by atoms with Gasteiger partial charge >= 0.3 is 11.6 Å². The summed E-state index contributed by atoms with van der Waals surface area (Å²) in [5, 5.41) is 1.12. The summed E-state index contributed by atoms with van der Waals surface area (Å²) >= 11 is 6.28. The topological polar surface area (TPSA) is 59.8 Å². The fourth-order valence-corrected chi connectivity index (χ4v) is 2.48. The smallest absolute Gasteiger partial charge is 0.351 e. The molecule has 1 aromatic heterocycles. The monoisotopic (exact) mass is 309 g/mol. The molecule has 0 radical (unpaired) electrons. The molecule has 0 aliphatic carbocycles. The zero-order valence-corrected chi connectivity index (χ0v) is 12.9. The molecule has 112 valence electrons. The quantitative estimate of drug-likeness (QED) is 0.641. The van der Waals surface area contributed by atoms with Crippen molar-refractivity contribution in [3.05, 3.63) is 39.2 Å². The lowest BCUT2D eigenvalue weighted by Crippen LogP contribution is -2.22. The standard InChI is InChI=1S/C15H16ClNO4/c1-4-17(5-2)12-8-13-9(7-11(12)16)6-10(14(18)20-3)15(19)21-13/h6-8H,4-5H2,1-3H3. The van der Waals surface area contributed by atoms with E-state index in [1.54, 1.807) is 12.1 Å². The van der Waals surface area contributed by atoms with Crippen molar-refractivity contribution in [2.45, 2.75) is 13.8 Å². The van der Waals surface area contributed by atoms with E-state index in [-0.39, 0.29) is 5.56 Å². The molecule has 0 spiro atoms. The average molecular weight is 310 g/mol. The second-order valence-electron chi connectivity index (χ2n) is 4.45. The second-order valence-corrected chi connectivity index (χ2v) is 4.86. The fourth-order valence-electron chi connectivity index (χ4n) is 2.19. The summed E-state index contributed by atoms with van der Waals surface area (Å²) in [4.78, 5) is 25.4. The van der Waals surface area contributed by atoms with Crippen LogP contribution >= 0.6 is 11.6 Å². The molecule has 0 amide bonds. The largest absolute Gasteiger partial charge is 0.465 e. The van der Waals surface area contributed by atoms with Gasteiger partial charge in [-0.05, 0) is 26.0 Å². The van der Waals surface area contributed by atoms with Crippen molar-refractivity contribution < 1.29 is 13.9 Å². The number of ether oxygens (including phenoxy) is 1. The van der Waals surface area contributed by atoms with Crippen LogP contribution in [0.1, 0.15) is 24.2 Å². The average Bonchev–Trinajstić information content (AvgIpc) is 2.48. The van der Waals surface area contributed by atoms with Gasteiger partial charge < -0.3 is 14.1 Å². The molecule has 2 aromatic rings. The minimum atomic E-state index is -0.727. The van der Waals surface area contributed by atoms with Gasteiger partial charge in [0.05, 0.1) is 17.8 Å². The second kappa shape index (κ2) is 6.18. The van der Waals surface area contributed by atoms with E-state index in [1.807, 2.05) is 13.8 Å². The molecule has 0 bridgehead atoms. The molecule has 0 fully saturated rings. The highest BCUT2D eigenvalue weighted by atomic mass is 35.5. The number of hydrogen-bond donors (Lipinski definition) is 0. The summed E-state index contributed by atoms with van der Waals surface area (Å²) in [5.41, 5.74) is 0.320. The van der Waals surface area contributed by atoms with Crippen molar-refractivity contribution in [3.8, 4) is 0 Å². The molecule has 0 atom stereocenters. The van der Waals surface area contributed by atoms with Gasteiger partial charge in [0.25, 0.3) is 0 Å². The highest BCUT2D eigenvalue weighted by Gasteiger charge is 2.16. The summed E-state index contributed by atoms with van der Waals surface area (Å²) in [5.74, 6) is -0.727. The van der Waals surface area contributed by atoms with Crippen molar-refractivity contribution in [3.63, 3.8) is 0 Å². The predicted molar refractivity (Wildman–Crippen MR) is 82.4 cm³/mol. The van der Waals surface area contributed by atoms with Crippen molar-refractivity contribution in [1.29, 1.82) is 0 Å². The summed E-state index contributed by atoms with van der Waals surface area (Å²) in [6, 6.07) is 4.83. The summed E-state index contributed by atoms with van der Waals surface area (Å²) in [6.07, 6.45) is 0. The summed E-state index contributed by atoms with van der Waals surface area (Å²) < 4.78 is 9.76. The van der Waals surface area contributed by atoms with Gasteiger partial charge in [0, 0.05) is 24.5 Å². The molecule has 0 N–H and O–H groups in total. The van der Waals surface area contributed by atoms with Crippen LogP contribution in [0.3, 0.4) is 0 Å². The number of esters is 1. The Kier molecular flexibility index (Phi) is 4.53. The number of methoxy groups -OCH3 is 1. The minimum absolute atomic E-state index is 0.142. The van der Waals surface area contributed by atoms with Gasteiger partial charge in [-0.1, -0.05) is 11.6 Å². The van der Waals surface area contributed by atoms with Crippen LogP contribution in [0.15, 0.2) is 27.4 Å². The molecule has 1 heterocycles. The van der Waals surface area contributed by atoms with Crippen LogP contribution in [0.25, 0.3) is 11.0 Å². The number of benzene rings is 1. The first-order valence-corrected chi connectivity index (χ1v) is 7.00. The van der Waals surface area contributed by atoms with Crippen LogP contribution in [0.5, 0.6) is 0 Å². The molecule has 21 heavy (non-hydrogen) atoms. The molecule has 5 nitrogen and oxygen atoms in total. The number of halogens is 1. The number of nitrogens with zero attached hydrogens (tertiary/aromatic N) is 1. The number of hydrogen-bond acceptors (Lipinski definition) is 5. The number of fused-ring (bicyclic) bond motifs is 1. The van der Waals surface area contributed by atoms with E-state index in [2.05, 4.69) is 9.64 Å². The lowest BCUT2D eigenvalue weighted by molar-refractivity contribution is 0.0596. The van der Waals surface area contributed by atoms with Crippen LogP contribution in [0.2, 0.25) is 5.02 Å². The van der Waals surface area contributed by atoms with Crippen LogP contribution in [0.4, 0.5) is 5.69 Å². The summed E-state index contributed by atoms with van der Waals surface area (Å²) in [6.45, 7) is 5.60. The Bertz CT molecular complexity index is 734. The predicted octanol–water partition coefficient (Wildman–Crippen LogP) is 3.08. The molecule has 0 saturated carbocycles. The van der Waals surface area contributed by atoms with E-state index in [4.69, 9.17) is 16.0 Å². The third-order valence-corrected chi connectivity index (χ3v) is 3.61. The Balaban J connectivity index is 2.65. The third-order valence-electron chi connectivity index (χ3n) is 3.31. The maximum Gasteiger partial charge on any atom is 0.351 e. The molecule has 0 aliphatic heterocycles. The zero-order chi connectivity index (χ0) is 15.6. The molecule has 0 unspecified atom stereocenters. The number of carbonyl (C=O) groups is 1. The fraction of sp³-hybridized carbons (Fsp3) is 0.333. The van der Waals surface area contributed by atoms with E-state index in [9.17, 15) is 9.59 Å². The van der Waals surface area contributed by atoms with Gasteiger partial charge in [-0.25, -0.2) is 9.59 Å².